The van der Waals surface area contributed by atoms with E-state index in [4.69, 9.17) is 0 Å². The van der Waals surface area contributed by atoms with Crippen molar-refractivity contribution in [3.8, 4) is 0 Å². The van der Waals surface area contributed by atoms with Crippen LogP contribution in [0.4, 0.5) is 5.69 Å². The zero-order valence-corrected chi connectivity index (χ0v) is 15.7. The fraction of sp³-hybridized carbons (Fsp3) is 0.421. The Kier molecular flexibility index (Phi) is 4.37. The van der Waals surface area contributed by atoms with Gasteiger partial charge in [-0.2, -0.15) is 0 Å². The number of rotatable bonds is 3. The Morgan fingerprint density at radius 1 is 1.11 bits per heavy atom. The molecule has 2 atom stereocenters. The van der Waals surface area contributed by atoms with Crippen LogP contribution in [0.25, 0.3) is 0 Å². The van der Waals surface area contributed by atoms with Gasteiger partial charge in [-0.15, -0.1) is 10.2 Å². The molecular formula is C19H21N5O4. The van der Waals surface area contributed by atoms with E-state index in [1.54, 1.807) is 16.4 Å². The Balaban J connectivity index is 1.56. The van der Waals surface area contributed by atoms with Gasteiger partial charge >= 0.3 is 5.97 Å². The van der Waals surface area contributed by atoms with Gasteiger partial charge in [-0.3, -0.25) is 9.59 Å². The summed E-state index contributed by atoms with van der Waals surface area (Å²) < 4.78 is 1.72. The van der Waals surface area contributed by atoms with E-state index in [2.05, 4.69) is 10.2 Å². The summed E-state index contributed by atoms with van der Waals surface area (Å²) >= 11 is 0. The first kappa shape index (κ1) is 18.1. The number of aromatic nitrogens is 3. The maximum atomic E-state index is 13.1. The molecule has 3 heterocycles. The number of nitrogens with zero attached hydrogens (tertiary/aromatic N) is 5. The molecule has 0 saturated carbocycles. The highest BCUT2D eigenvalue weighted by atomic mass is 16.4. The molecule has 4 rings (SSSR count). The van der Waals surface area contributed by atoms with E-state index in [9.17, 15) is 19.5 Å². The lowest BCUT2D eigenvalue weighted by Crippen LogP contribution is -2.52. The van der Waals surface area contributed by atoms with Crippen LogP contribution in [-0.4, -0.2) is 55.1 Å². The number of aryl methyl sites for hydroxylation is 2. The molecule has 9 nitrogen and oxygen atoms in total. The topological polar surface area (TPSA) is 109 Å². The molecule has 1 aromatic heterocycles. The van der Waals surface area contributed by atoms with Gasteiger partial charge in [0.15, 0.2) is 5.82 Å². The minimum atomic E-state index is -1.08. The zero-order chi connectivity index (χ0) is 20.0. The third kappa shape index (κ3) is 3.02. The summed E-state index contributed by atoms with van der Waals surface area (Å²) in [7, 11) is 0. The summed E-state index contributed by atoms with van der Waals surface area (Å²) in [5, 5.41) is 17.7. The van der Waals surface area contributed by atoms with Gasteiger partial charge in [0.25, 0.3) is 0 Å². The molecule has 1 saturated heterocycles. The van der Waals surface area contributed by atoms with Crippen molar-refractivity contribution < 1.29 is 19.5 Å². The molecule has 2 amide bonds. The molecule has 0 spiro atoms. The Hall–Kier alpha value is -3.23. The predicted molar refractivity (Wildman–Crippen MR) is 98.4 cm³/mol. The molecule has 0 bridgehead atoms. The van der Waals surface area contributed by atoms with Crippen LogP contribution >= 0.6 is 0 Å². The van der Waals surface area contributed by atoms with Crippen molar-refractivity contribution >= 4 is 23.5 Å². The molecule has 1 aromatic carbocycles. The van der Waals surface area contributed by atoms with E-state index < -0.39 is 17.9 Å². The highest BCUT2D eigenvalue weighted by molar-refractivity contribution is 6.00. The van der Waals surface area contributed by atoms with Crippen molar-refractivity contribution in [3.63, 3.8) is 0 Å². The van der Waals surface area contributed by atoms with Crippen LogP contribution in [0.3, 0.4) is 0 Å². The molecule has 28 heavy (non-hydrogen) atoms. The molecule has 2 aliphatic rings. The molecule has 1 N–H and O–H groups in total. The number of hydrogen-bond donors (Lipinski definition) is 1. The predicted octanol–water partition coefficient (Wildman–Crippen LogP) is 0.743. The number of carboxylic acids is 1. The smallest absolute Gasteiger partial charge is 0.328 e. The van der Waals surface area contributed by atoms with Gasteiger partial charge in [-0.05, 0) is 26.0 Å². The number of carbonyl (C=O) groups excluding carboxylic acids is 2. The molecule has 146 valence electrons. The van der Waals surface area contributed by atoms with Gasteiger partial charge in [-0.1, -0.05) is 17.7 Å². The number of carboxylic acid groups (broad SMARTS) is 1. The summed E-state index contributed by atoms with van der Waals surface area (Å²) in [6.07, 6.45) is 0.0707. The van der Waals surface area contributed by atoms with E-state index in [1.165, 1.54) is 4.90 Å². The van der Waals surface area contributed by atoms with Crippen molar-refractivity contribution in [1.82, 2.24) is 19.7 Å². The van der Waals surface area contributed by atoms with Gasteiger partial charge in [0, 0.05) is 18.7 Å². The lowest BCUT2D eigenvalue weighted by atomic mass is 10.0. The molecule has 0 radical (unpaired) electrons. The van der Waals surface area contributed by atoms with E-state index in [0.717, 1.165) is 11.3 Å². The second-order valence-electron chi connectivity index (χ2n) is 7.34. The first-order valence-corrected chi connectivity index (χ1v) is 9.14. The molecule has 2 aromatic rings. The molecule has 1 fully saturated rings. The first-order valence-electron chi connectivity index (χ1n) is 9.14. The molecule has 0 aliphatic carbocycles. The SMILES string of the molecule is Cc1ccc(N2CC(C(=O)N3Cc4nnc(C)n4CC3C(=O)O)CC2=O)cc1. The van der Waals surface area contributed by atoms with Crippen LogP contribution in [0, 0.1) is 19.8 Å². The number of carbonyl (C=O) groups is 3. The van der Waals surface area contributed by atoms with E-state index in [-0.39, 0.29) is 37.9 Å². The zero-order valence-electron chi connectivity index (χ0n) is 15.7. The minimum absolute atomic E-state index is 0.0707. The summed E-state index contributed by atoms with van der Waals surface area (Å²) in [5.41, 5.74) is 1.83. The third-order valence-corrected chi connectivity index (χ3v) is 5.44. The average molecular weight is 383 g/mol. The van der Waals surface area contributed by atoms with Gasteiger partial charge in [0.05, 0.1) is 19.0 Å². The Morgan fingerprint density at radius 3 is 2.50 bits per heavy atom. The summed E-state index contributed by atoms with van der Waals surface area (Å²) in [4.78, 5) is 40.3. The summed E-state index contributed by atoms with van der Waals surface area (Å²) in [5.74, 6) is -0.941. The number of amides is 2. The lowest BCUT2D eigenvalue weighted by Gasteiger charge is -2.34. The Morgan fingerprint density at radius 2 is 1.82 bits per heavy atom. The number of aliphatic carboxylic acids is 1. The van der Waals surface area contributed by atoms with Gasteiger partial charge in [-0.25, -0.2) is 4.79 Å². The van der Waals surface area contributed by atoms with Crippen LogP contribution < -0.4 is 4.90 Å². The number of benzene rings is 1. The summed E-state index contributed by atoms with van der Waals surface area (Å²) in [6.45, 7) is 4.14. The highest BCUT2D eigenvalue weighted by Crippen LogP contribution is 2.29. The largest absolute Gasteiger partial charge is 0.480 e. The lowest BCUT2D eigenvalue weighted by molar-refractivity contribution is -0.154. The fourth-order valence-electron chi connectivity index (χ4n) is 3.84. The number of hydrogen-bond acceptors (Lipinski definition) is 5. The number of anilines is 1. The quantitative estimate of drug-likeness (QED) is 0.838. The van der Waals surface area contributed by atoms with E-state index in [1.807, 2.05) is 31.2 Å². The van der Waals surface area contributed by atoms with Crippen LogP contribution in [0.5, 0.6) is 0 Å². The first-order chi connectivity index (χ1) is 13.3. The molecule has 2 aliphatic heterocycles. The second-order valence-corrected chi connectivity index (χ2v) is 7.34. The van der Waals surface area contributed by atoms with E-state index >= 15 is 0 Å². The average Bonchev–Trinajstić information content (AvgIpc) is 3.23. The van der Waals surface area contributed by atoms with Crippen LogP contribution in [0.2, 0.25) is 0 Å². The monoisotopic (exact) mass is 383 g/mol. The standard InChI is InChI=1S/C19H21N5O4/c1-11-3-5-14(6-4-11)23-8-13(7-17(23)25)18(26)24-10-16-21-20-12(2)22(16)9-15(24)19(27)28/h3-6,13,15H,7-10H2,1-2H3,(H,27,28). The van der Waals surface area contributed by atoms with Crippen molar-refractivity contribution in [2.45, 2.75) is 39.4 Å². The molecule has 2 unspecified atom stereocenters. The van der Waals surface area contributed by atoms with Gasteiger partial charge in [0.1, 0.15) is 11.9 Å². The minimum Gasteiger partial charge on any atom is -0.480 e. The Labute approximate surface area is 161 Å². The van der Waals surface area contributed by atoms with Crippen LogP contribution in [0.1, 0.15) is 23.6 Å². The highest BCUT2D eigenvalue weighted by Gasteiger charge is 2.43. The molecular weight excluding hydrogens is 362 g/mol. The van der Waals surface area contributed by atoms with Crippen LogP contribution in [-0.2, 0) is 27.5 Å². The van der Waals surface area contributed by atoms with Crippen molar-refractivity contribution in [2.24, 2.45) is 5.92 Å². The Bertz CT molecular complexity index is 952. The van der Waals surface area contributed by atoms with E-state index in [0.29, 0.717) is 11.6 Å². The van der Waals surface area contributed by atoms with Crippen molar-refractivity contribution in [2.75, 3.05) is 11.4 Å². The fourth-order valence-corrected chi connectivity index (χ4v) is 3.84. The maximum Gasteiger partial charge on any atom is 0.328 e. The van der Waals surface area contributed by atoms with Gasteiger partial charge < -0.3 is 19.5 Å². The number of fused-ring (bicyclic) bond motifs is 1. The van der Waals surface area contributed by atoms with Crippen LogP contribution in [0.15, 0.2) is 24.3 Å². The summed E-state index contributed by atoms with van der Waals surface area (Å²) in [6, 6.07) is 6.53. The van der Waals surface area contributed by atoms with Gasteiger partial charge in [0.2, 0.25) is 11.8 Å². The maximum absolute atomic E-state index is 13.1. The normalized spacial score (nSPS) is 21.7. The second kappa shape index (κ2) is 6.74. The van der Waals surface area contributed by atoms with Crippen molar-refractivity contribution in [1.29, 1.82) is 0 Å². The molecule has 9 heteroatoms. The van der Waals surface area contributed by atoms with Crippen molar-refractivity contribution in [3.05, 3.63) is 41.5 Å². The third-order valence-electron chi connectivity index (χ3n) is 5.44.